The molecule has 0 amide bonds. The summed E-state index contributed by atoms with van der Waals surface area (Å²) >= 11 is 0. The number of guanidine groups is 1. The summed E-state index contributed by atoms with van der Waals surface area (Å²) in [7, 11) is 3.06. The number of aliphatic imine (C=N–C) groups is 1. The van der Waals surface area contributed by atoms with Crippen molar-refractivity contribution in [2.24, 2.45) is 4.99 Å². The van der Waals surface area contributed by atoms with Gasteiger partial charge in [-0.25, -0.2) is 4.79 Å². The first-order valence-electron chi connectivity index (χ1n) is 7.37. The Hall–Kier alpha value is -2.70. The van der Waals surface area contributed by atoms with Crippen molar-refractivity contribution in [2.45, 2.75) is 20.0 Å². The Bertz CT molecular complexity index is 659. The summed E-state index contributed by atoms with van der Waals surface area (Å²) in [5.74, 6) is 1.47. The van der Waals surface area contributed by atoms with Gasteiger partial charge in [-0.15, -0.1) is 0 Å². The van der Waals surface area contributed by atoms with Gasteiger partial charge in [0.25, 0.3) is 0 Å². The van der Waals surface area contributed by atoms with Crippen LogP contribution in [-0.2, 0) is 17.8 Å². The van der Waals surface area contributed by atoms with Crippen molar-refractivity contribution in [3.8, 4) is 0 Å². The average molecular weight is 318 g/mol. The van der Waals surface area contributed by atoms with Gasteiger partial charge in [0.15, 0.2) is 5.96 Å². The van der Waals surface area contributed by atoms with E-state index in [2.05, 4.69) is 20.2 Å². The lowest BCUT2D eigenvalue weighted by atomic mass is 10.2. The summed E-state index contributed by atoms with van der Waals surface area (Å²) in [6, 6.07) is 5.66. The molecule has 2 aromatic rings. The normalized spacial score (nSPS) is 11.3. The first kappa shape index (κ1) is 16.7. The molecule has 124 valence electrons. The largest absolute Gasteiger partial charge is 0.465 e. The number of rotatable bonds is 6. The molecule has 2 aromatic heterocycles. The maximum atomic E-state index is 11.6. The maximum Gasteiger partial charge on any atom is 0.341 e. The van der Waals surface area contributed by atoms with Crippen LogP contribution in [0.1, 0.15) is 21.9 Å². The number of nitrogens with one attached hydrogen (secondary N) is 2. The Kier molecular flexibility index (Phi) is 5.85. The number of esters is 1. The van der Waals surface area contributed by atoms with Gasteiger partial charge < -0.3 is 24.4 Å². The fourth-order valence-corrected chi connectivity index (χ4v) is 2.16. The van der Waals surface area contributed by atoms with Gasteiger partial charge in [-0.05, 0) is 25.1 Å². The van der Waals surface area contributed by atoms with Crippen LogP contribution in [0.2, 0.25) is 0 Å². The van der Waals surface area contributed by atoms with Crippen molar-refractivity contribution in [3.05, 3.63) is 47.7 Å². The first-order valence-corrected chi connectivity index (χ1v) is 7.37. The summed E-state index contributed by atoms with van der Waals surface area (Å²) in [5, 5.41) is 6.37. The van der Waals surface area contributed by atoms with E-state index < -0.39 is 5.97 Å². The minimum Gasteiger partial charge on any atom is -0.465 e. The number of hydrogen-bond acceptors (Lipinski definition) is 4. The Morgan fingerprint density at radius 3 is 2.74 bits per heavy atom. The fraction of sp³-hybridized carbons (Fsp3) is 0.375. The number of carbonyl (C=O) groups excluding carboxylic acids is 1. The van der Waals surface area contributed by atoms with Crippen molar-refractivity contribution >= 4 is 11.9 Å². The van der Waals surface area contributed by atoms with E-state index in [1.54, 1.807) is 20.0 Å². The zero-order valence-corrected chi connectivity index (χ0v) is 13.6. The monoisotopic (exact) mass is 318 g/mol. The molecule has 0 spiro atoms. The van der Waals surface area contributed by atoms with Crippen LogP contribution < -0.4 is 10.6 Å². The van der Waals surface area contributed by atoms with Gasteiger partial charge >= 0.3 is 5.97 Å². The van der Waals surface area contributed by atoms with Crippen LogP contribution in [0.15, 0.2) is 40.0 Å². The fourth-order valence-electron chi connectivity index (χ4n) is 2.16. The third-order valence-electron chi connectivity index (χ3n) is 3.36. The highest BCUT2D eigenvalue weighted by Crippen LogP contribution is 2.15. The number of nitrogens with zero attached hydrogens (tertiary/aromatic N) is 2. The zero-order valence-electron chi connectivity index (χ0n) is 13.6. The number of aryl methyl sites for hydroxylation is 1. The van der Waals surface area contributed by atoms with Gasteiger partial charge in [-0.1, -0.05) is 0 Å². The van der Waals surface area contributed by atoms with Crippen LogP contribution in [0.25, 0.3) is 0 Å². The Labute approximate surface area is 135 Å². The summed E-state index contributed by atoms with van der Waals surface area (Å²) in [5.41, 5.74) is 0.444. The van der Waals surface area contributed by atoms with Crippen LogP contribution >= 0.6 is 0 Å². The lowest BCUT2D eigenvalue weighted by Crippen LogP contribution is -2.38. The van der Waals surface area contributed by atoms with E-state index in [1.807, 2.05) is 24.5 Å². The third kappa shape index (κ3) is 4.64. The standard InChI is InChI=1S/C16H22N4O3/c1-12-14(15(21)22-3)10-13(23-12)11-19-16(17-2)18-6-9-20-7-4-5-8-20/h4-5,7-8,10H,6,9,11H2,1-3H3,(H2,17,18,19). The molecule has 2 N–H and O–H groups in total. The van der Waals surface area contributed by atoms with Gasteiger partial charge in [0, 0.05) is 32.5 Å². The molecule has 23 heavy (non-hydrogen) atoms. The highest BCUT2D eigenvalue weighted by Gasteiger charge is 2.15. The van der Waals surface area contributed by atoms with Crippen molar-refractivity contribution in [1.82, 2.24) is 15.2 Å². The predicted molar refractivity (Wildman–Crippen MR) is 87.4 cm³/mol. The number of methoxy groups -OCH3 is 1. The van der Waals surface area contributed by atoms with Crippen LogP contribution in [0, 0.1) is 6.92 Å². The number of furan rings is 1. The number of ether oxygens (including phenoxy) is 1. The van der Waals surface area contributed by atoms with Crippen LogP contribution in [0.3, 0.4) is 0 Å². The molecule has 0 saturated carbocycles. The highest BCUT2D eigenvalue weighted by molar-refractivity contribution is 5.90. The SMILES string of the molecule is CN=C(NCCn1cccc1)NCc1cc(C(=O)OC)c(C)o1. The molecule has 0 saturated heterocycles. The summed E-state index contributed by atoms with van der Waals surface area (Å²) < 4.78 is 12.3. The quantitative estimate of drug-likeness (QED) is 0.480. The maximum absolute atomic E-state index is 11.6. The number of aromatic nitrogens is 1. The lowest BCUT2D eigenvalue weighted by molar-refractivity contribution is 0.0599. The summed E-state index contributed by atoms with van der Waals surface area (Å²) in [6.07, 6.45) is 4.02. The topological polar surface area (TPSA) is 80.8 Å². The Morgan fingerprint density at radius 1 is 1.35 bits per heavy atom. The van der Waals surface area contributed by atoms with Crippen molar-refractivity contribution < 1.29 is 13.9 Å². The van der Waals surface area contributed by atoms with Crippen molar-refractivity contribution in [3.63, 3.8) is 0 Å². The van der Waals surface area contributed by atoms with Gasteiger partial charge in [-0.2, -0.15) is 0 Å². The molecular weight excluding hydrogens is 296 g/mol. The summed E-state index contributed by atoms with van der Waals surface area (Å²) in [4.78, 5) is 15.7. The molecule has 0 aromatic carbocycles. The molecule has 7 heteroatoms. The van der Waals surface area contributed by atoms with E-state index in [0.717, 1.165) is 13.1 Å². The Morgan fingerprint density at radius 2 is 2.09 bits per heavy atom. The van der Waals surface area contributed by atoms with Crippen molar-refractivity contribution in [2.75, 3.05) is 20.7 Å². The molecule has 2 rings (SSSR count). The van der Waals surface area contributed by atoms with E-state index in [0.29, 0.717) is 29.6 Å². The minimum atomic E-state index is -0.397. The van der Waals surface area contributed by atoms with Crippen LogP contribution in [0.5, 0.6) is 0 Å². The van der Waals surface area contributed by atoms with Crippen molar-refractivity contribution in [1.29, 1.82) is 0 Å². The Balaban J connectivity index is 1.82. The molecule has 0 unspecified atom stereocenters. The highest BCUT2D eigenvalue weighted by atomic mass is 16.5. The summed E-state index contributed by atoms with van der Waals surface area (Å²) in [6.45, 7) is 3.76. The zero-order chi connectivity index (χ0) is 16.7. The van der Waals surface area contributed by atoms with Gasteiger partial charge in [0.05, 0.1) is 13.7 Å². The van der Waals surface area contributed by atoms with Crippen LogP contribution in [-0.4, -0.2) is 37.2 Å². The van der Waals surface area contributed by atoms with Gasteiger partial charge in [-0.3, -0.25) is 4.99 Å². The van der Waals surface area contributed by atoms with Gasteiger partial charge in [0.2, 0.25) is 0 Å². The average Bonchev–Trinajstić information content (AvgIpc) is 3.19. The number of hydrogen-bond donors (Lipinski definition) is 2. The van der Waals surface area contributed by atoms with E-state index in [1.165, 1.54) is 7.11 Å². The second-order valence-electron chi connectivity index (χ2n) is 4.95. The van der Waals surface area contributed by atoms with Crippen LogP contribution in [0.4, 0.5) is 0 Å². The first-order chi connectivity index (χ1) is 11.1. The second-order valence-corrected chi connectivity index (χ2v) is 4.95. The molecule has 0 aliphatic heterocycles. The van der Waals surface area contributed by atoms with E-state index in [-0.39, 0.29) is 0 Å². The molecule has 7 nitrogen and oxygen atoms in total. The lowest BCUT2D eigenvalue weighted by Gasteiger charge is -2.11. The molecular formula is C16H22N4O3. The molecule has 0 atom stereocenters. The third-order valence-corrected chi connectivity index (χ3v) is 3.36. The predicted octanol–water partition coefficient (Wildman–Crippen LogP) is 1.54. The molecule has 0 aliphatic carbocycles. The van der Waals surface area contributed by atoms with E-state index >= 15 is 0 Å². The molecule has 0 radical (unpaired) electrons. The second kappa shape index (κ2) is 8.07. The molecule has 0 aliphatic rings. The van der Waals surface area contributed by atoms with E-state index in [4.69, 9.17) is 9.15 Å². The molecule has 0 bridgehead atoms. The minimum absolute atomic E-state index is 0.397. The van der Waals surface area contributed by atoms with E-state index in [9.17, 15) is 4.79 Å². The van der Waals surface area contributed by atoms with Gasteiger partial charge in [0.1, 0.15) is 17.1 Å². The smallest absolute Gasteiger partial charge is 0.341 e. The number of carbonyl (C=O) groups is 1. The molecule has 0 fully saturated rings. The molecule has 2 heterocycles.